The molecule has 1 heterocycles. The van der Waals surface area contributed by atoms with Crippen molar-refractivity contribution in [3.8, 4) is 5.75 Å². The van der Waals surface area contributed by atoms with E-state index in [-0.39, 0.29) is 6.61 Å². The van der Waals surface area contributed by atoms with Crippen molar-refractivity contribution >= 4 is 5.69 Å². The summed E-state index contributed by atoms with van der Waals surface area (Å²) in [5.41, 5.74) is 2.38. The van der Waals surface area contributed by atoms with Gasteiger partial charge in [-0.2, -0.15) is 0 Å². The van der Waals surface area contributed by atoms with Gasteiger partial charge in [0, 0.05) is 25.7 Å². The van der Waals surface area contributed by atoms with Crippen LogP contribution < -0.4 is 15.0 Å². The van der Waals surface area contributed by atoms with E-state index >= 15 is 0 Å². The van der Waals surface area contributed by atoms with E-state index in [1.54, 1.807) is 7.11 Å². The molecule has 1 saturated heterocycles. The van der Waals surface area contributed by atoms with E-state index in [0.29, 0.717) is 6.04 Å². The van der Waals surface area contributed by atoms with Gasteiger partial charge in [0.15, 0.2) is 0 Å². The van der Waals surface area contributed by atoms with Gasteiger partial charge in [0.2, 0.25) is 0 Å². The molecule has 2 N–H and O–H groups in total. The highest BCUT2D eigenvalue weighted by molar-refractivity contribution is 5.60. The first-order chi connectivity index (χ1) is 9.80. The van der Waals surface area contributed by atoms with Crippen molar-refractivity contribution in [2.45, 2.75) is 38.3 Å². The first-order valence-electron chi connectivity index (χ1n) is 7.49. The van der Waals surface area contributed by atoms with Gasteiger partial charge >= 0.3 is 0 Å². The number of hydrogen-bond acceptors (Lipinski definition) is 4. The lowest BCUT2D eigenvalue weighted by Gasteiger charge is -2.38. The van der Waals surface area contributed by atoms with Crippen LogP contribution in [0.2, 0.25) is 0 Å². The van der Waals surface area contributed by atoms with E-state index in [1.165, 1.54) is 18.4 Å². The number of nitrogens with zero attached hydrogens (tertiary/aromatic N) is 1. The molecule has 20 heavy (non-hydrogen) atoms. The van der Waals surface area contributed by atoms with E-state index in [4.69, 9.17) is 4.74 Å². The first-order valence-corrected chi connectivity index (χ1v) is 7.49. The summed E-state index contributed by atoms with van der Waals surface area (Å²) in [5.74, 6) is 0.933. The monoisotopic (exact) mass is 278 g/mol. The predicted molar refractivity (Wildman–Crippen MR) is 82.4 cm³/mol. The number of aliphatic hydroxyl groups excluding tert-OH is 1. The minimum Gasteiger partial charge on any atom is -0.495 e. The fourth-order valence-electron chi connectivity index (χ4n) is 3.04. The van der Waals surface area contributed by atoms with E-state index < -0.39 is 0 Å². The highest BCUT2D eigenvalue weighted by Gasteiger charge is 2.24. The van der Waals surface area contributed by atoms with Gasteiger partial charge in [0.1, 0.15) is 5.75 Å². The Morgan fingerprint density at radius 1 is 1.40 bits per heavy atom. The molecule has 0 saturated carbocycles. The van der Waals surface area contributed by atoms with Gasteiger partial charge in [0.05, 0.1) is 12.8 Å². The summed E-state index contributed by atoms with van der Waals surface area (Å²) in [6, 6.07) is 6.84. The lowest BCUT2D eigenvalue weighted by Crippen LogP contribution is -2.40. The minimum atomic E-state index is 0.251. The van der Waals surface area contributed by atoms with Crippen LogP contribution in [0, 0.1) is 0 Å². The van der Waals surface area contributed by atoms with Gasteiger partial charge in [-0.25, -0.2) is 0 Å². The maximum atomic E-state index is 9.26. The Morgan fingerprint density at radius 2 is 2.25 bits per heavy atom. The molecule has 1 aliphatic rings. The topological polar surface area (TPSA) is 44.7 Å². The molecule has 1 aliphatic heterocycles. The molecular weight excluding hydrogens is 252 g/mol. The third-order valence-electron chi connectivity index (χ3n) is 4.02. The molecule has 1 aromatic rings. The average molecular weight is 278 g/mol. The van der Waals surface area contributed by atoms with Gasteiger partial charge in [-0.1, -0.05) is 6.07 Å². The Balaban J connectivity index is 2.24. The van der Waals surface area contributed by atoms with Crippen LogP contribution in [0.3, 0.4) is 0 Å². The molecule has 1 aromatic carbocycles. The summed E-state index contributed by atoms with van der Waals surface area (Å²) in [5, 5.41) is 12.4. The van der Waals surface area contributed by atoms with Crippen molar-refractivity contribution in [1.82, 2.24) is 5.32 Å². The summed E-state index contributed by atoms with van der Waals surface area (Å²) in [6.07, 6.45) is 4.45. The summed E-state index contributed by atoms with van der Waals surface area (Å²) in [4.78, 5) is 2.40. The van der Waals surface area contributed by atoms with Crippen LogP contribution in [0.1, 0.15) is 31.2 Å². The molecular formula is C16H26N2O2. The molecule has 1 fully saturated rings. The number of ether oxygens (including phenoxy) is 1. The largest absolute Gasteiger partial charge is 0.495 e. The number of anilines is 1. The Hall–Kier alpha value is -1.26. The number of methoxy groups -OCH3 is 1. The van der Waals surface area contributed by atoms with E-state index in [0.717, 1.165) is 37.4 Å². The van der Waals surface area contributed by atoms with Crippen LogP contribution in [0.5, 0.6) is 5.75 Å². The molecule has 0 aliphatic carbocycles. The van der Waals surface area contributed by atoms with Crippen LogP contribution in [0.25, 0.3) is 0 Å². The Labute approximate surface area is 121 Å². The normalized spacial score (nSPS) is 19.1. The van der Waals surface area contributed by atoms with Gasteiger partial charge in [0.25, 0.3) is 0 Å². The lowest BCUT2D eigenvalue weighted by molar-refractivity contribution is 0.262. The second kappa shape index (κ2) is 7.50. The first kappa shape index (κ1) is 15.1. The maximum absolute atomic E-state index is 9.26. The number of aliphatic hydroxyl groups is 1. The zero-order valence-corrected chi connectivity index (χ0v) is 12.6. The van der Waals surface area contributed by atoms with Gasteiger partial charge in [-0.3, -0.25) is 0 Å². The Kier molecular flexibility index (Phi) is 5.68. The Morgan fingerprint density at radius 3 is 2.95 bits per heavy atom. The number of piperidine rings is 1. The second-order valence-corrected chi connectivity index (χ2v) is 5.39. The second-order valence-electron chi connectivity index (χ2n) is 5.39. The fraction of sp³-hybridized carbons (Fsp3) is 0.625. The van der Waals surface area contributed by atoms with E-state index in [9.17, 15) is 5.11 Å². The molecule has 0 aromatic heterocycles. The third-order valence-corrected chi connectivity index (χ3v) is 4.02. The van der Waals surface area contributed by atoms with Crippen LogP contribution in [0.15, 0.2) is 18.2 Å². The number of benzene rings is 1. The van der Waals surface area contributed by atoms with Crippen molar-refractivity contribution in [2.24, 2.45) is 0 Å². The zero-order chi connectivity index (χ0) is 14.4. The number of nitrogens with one attached hydrogen (secondary N) is 1. The summed E-state index contributed by atoms with van der Waals surface area (Å²) < 4.78 is 5.58. The number of rotatable bonds is 6. The van der Waals surface area contributed by atoms with Crippen molar-refractivity contribution in [2.75, 3.05) is 32.2 Å². The van der Waals surface area contributed by atoms with Crippen LogP contribution in [0.4, 0.5) is 5.69 Å². The molecule has 112 valence electrons. The zero-order valence-electron chi connectivity index (χ0n) is 12.6. The average Bonchev–Trinajstić information content (AvgIpc) is 2.48. The molecule has 1 atom stereocenters. The predicted octanol–water partition coefficient (Wildman–Crippen LogP) is 2.16. The molecule has 0 spiro atoms. The van der Waals surface area contributed by atoms with Crippen molar-refractivity contribution in [3.05, 3.63) is 23.8 Å². The van der Waals surface area contributed by atoms with Crippen LogP contribution in [-0.4, -0.2) is 38.5 Å². The maximum Gasteiger partial charge on any atom is 0.142 e. The molecule has 2 rings (SSSR count). The van der Waals surface area contributed by atoms with Crippen LogP contribution >= 0.6 is 0 Å². The van der Waals surface area contributed by atoms with Gasteiger partial charge in [-0.15, -0.1) is 0 Å². The summed E-state index contributed by atoms with van der Waals surface area (Å²) in [6.45, 7) is 2.14. The smallest absolute Gasteiger partial charge is 0.142 e. The van der Waals surface area contributed by atoms with Crippen LogP contribution in [-0.2, 0) is 6.54 Å². The van der Waals surface area contributed by atoms with Crippen molar-refractivity contribution in [1.29, 1.82) is 0 Å². The molecule has 0 radical (unpaired) electrons. The lowest BCUT2D eigenvalue weighted by atomic mass is 9.98. The molecule has 0 amide bonds. The highest BCUT2D eigenvalue weighted by Crippen LogP contribution is 2.34. The van der Waals surface area contributed by atoms with Crippen molar-refractivity contribution in [3.63, 3.8) is 0 Å². The van der Waals surface area contributed by atoms with E-state index in [2.05, 4.69) is 28.4 Å². The molecule has 0 bridgehead atoms. The molecule has 4 heteroatoms. The molecule has 1 unspecified atom stereocenters. The van der Waals surface area contributed by atoms with E-state index in [1.807, 2.05) is 7.05 Å². The standard InChI is InChI=1S/C16H26N2O2/c1-17-12-13-6-7-15(16(11-13)20-2)18-9-4-3-5-14(18)8-10-19/h6-7,11,14,17,19H,3-5,8-10,12H2,1-2H3. The van der Waals surface area contributed by atoms with Gasteiger partial charge < -0.3 is 20.1 Å². The Bertz CT molecular complexity index is 421. The quantitative estimate of drug-likeness (QED) is 0.837. The number of hydrogen-bond donors (Lipinski definition) is 2. The van der Waals surface area contributed by atoms with Gasteiger partial charge in [-0.05, 0) is 50.4 Å². The molecule has 4 nitrogen and oxygen atoms in total. The van der Waals surface area contributed by atoms with Crippen molar-refractivity contribution < 1.29 is 9.84 Å². The highest BCUT2D eigenvalue weighted by atomic mass is 16.5. The fourth-order valence-corrected chi connectivity index (χ4v) is 3.04. The summed E-state index contributed by atoms with van der Waals surface area (Å²) >= 11 is 0. The summed E-state index contributed by atoms with van der Waals surface area (Å²) in [7, 11) is 3.68. The minimum absolute atomic E-state index is 0.251. The third kappa shape index (κ3) is 3.44. The SMILES string of the molecule is CNCc1ccc(N2CCCCC2CCO)c(OC)c1.